The number of carbonyl (C=O) groups excluding carboxylic acids is 2. The third-order valence-corrected chi connectivity index (χ3v) is 4.07. The summed E-state index contributed by atoms with van der Waals surface area (Å²) in [5, 5.41) is 2.86. The number of aryl methyl sites for hydroxylation is 1. The van der Waals surface area contributed by atoms with Crippen LogP contribution in [0.5, 0.6) is 0 Å². The van der Waals surface area contributed by atoms with Crippen molar-refractivity contribution in [3.05, 3.63) is 59.7 Å². The fraction of sp³-hybridized carbons (Fsp3) is 0.263. The van der Waals surface area contributed by atoms with E-state index in [1.807, 2.05) is 60.4 Å². The number of fused-ring (bicyclic) bond motifs is 1. The largest absolute Gasteiger partial charge is 0.326 e. The molecular weight excluding hydrogens is 288 g/mol. The first-order chi connectivity index (χ1) is 11.2. The Labute approximate surface area is 136 Å². The van der Waals surface area contributed by atoms with E-state index in [4.69, 9.17) is 0 Å². The van der Waals surface area contributed by atoms with E-state index in [2.05, 4.69) is 5.32 Å². The predicted octanol–water partition coefficient (Wildman–Crippen LogP) is 3.63. The number of amides is 2. The van der Waals surface area contributed by atoms with E-state index in [0.29, 0.717) is 18.5 Å². The molecule has 2 aromatic carbocycles. The molecule has 4 nitrogen and oxygen atoms in total. The number of nitrogens with one attached hydrogen (secondary N) is 1. The standard InChI is InChI=1S/C19H20N2O2/c1-2-18(22)20-16-11-10-14-9-6-12-21(17(14)13-16)19(23)15-7-4-3-5-8-15/h3-5,7-8,10-11,13H,2,6,9,12H2,1H3,(H,20,22). The minimum absolute atomic E-state index is 0.00511. The summed E-state index contributed by atoms with van der Waals surface area (Å²) < 4.78 is 0. The van der Waals surface area contributed by atoms with Gasteiger partial charge in [-0.25, -0.2) is 0 Å². The molecule has 0 spiro atoms. The maximum Gasteiger partial charge on any atom is 0.258 e. The third kappa shape index (κ3) is 3.26. The second-order valence-corrected chi connectivity index (χ2v) is 5.67. The van der Waals surface area contributed by atoms with Crippen molar-refractivity contribution in [3.63, 3.8) is 0 Å². The smallest absolute Gasteiger partial charge is 0.258 e. The molecule has 0 atom stereocenters. The Balaban J connectivity index is 1.92. The van der Waals surface area contributed by atoms with E-state index in [0.717, 1.165) is 29.8 Å². The first-order valence-electron chi connectivity index (χ1n) is 7.98. The lowest BCUT2D eigenvalue weighted by atomic mass is 10.00. The second kappa shape index (κ2) is 6.65. The lowest BCUT2D eigenvalue weighted by Gasteiger charge is -2.30. The quantitative estimate of drug-likeness (QED) is 0.941. The van der Waals surface area contributed by atoms with Crippen molar-refractivity contribution in [1.82, 2.24) is 0 Å². The van der Waals surface area contributed by atoms with Gasteiger partial charge >= 0.3 is 0 Å². The topological polar surface area (TPSA) is 49.4 Å². The molecule has 0 fully saturated rings. The van der Waals surface area contributed by atoms with Gasteiger partial charge in [-0.3, -0.25) is 9.59 Å². The summed E-state index contributed by atoms with van der Waals surface area (Å²) in [7, 11) is 0. The zero-order valence-corrected chi connectivity index (χ0v) is 13.2. The molecule has 2 aromatic rings. The molecule has 1 aliphatic heterocycles. The molecule has 0 saturated heterocycles. The molecule has 0 unspecified atom stereocenters. The summed E-state index contributed by atoms with van der Waals surface area (Å²) in [6.45, 7) is 2.52. The minimum atomic E-state index is -0.0262. The van der Waals surface area contributed by atoms with Crippen LogP contribution in [0, 0.1) is 0 Å². The van der Waals surface area contributed by atoms with Crippen LogP contribution in [0.4, 0.5) is 11.4 Å². The molecule has 4 heteroatoms. The van der Waals surface area contributed by atoms with Crippen molar-refractivity contribution in [2.75, 3.05) is 16.8 Å². The number of benzene rings is 2. The number of hydrogen-bond donors (Lipinski definition) is 1. The number of rotatable bonds is 3. The van der Waals surface area contributed by atoms with Gasteiger partial charge in [-0.1, -0.05) is 31.2 Å². The van der Waals surface area contributed by atoms with Crippen LogP contribution in [0.2, 0.25) is 0 Å². The van der Waals surface area contributed by atoms with Crippen LogP contribution >= 0.6 is 0 Å². The van der Waals surface area contributed by atoms with Gasteiger partial charge in [0.15, 0.2) is 0 Å². The van der Waals surface area contributed by atoms with Crippen molar-refractivity contribution in [2.45, 2.75) is 26.2 Å². The van der Waals surface area contributed by atoms with Crippen molar-refractivity contribution in [3.8, 4) is 0 Å². The van der Waals surface area contributed by atoms with Crippen molar-refractivity contribution in [2.24, 2.45) is 0 Å². The van der Waals surface area contributed by atoms with Crippen LogP contribution in [-0.2, 0) is 11.2 Å². The highest BCUT2D eigenvalue weighted by Crippen LogP contribution is 2.31. The summed E-state index contributed by atoms with van der Waals surface area (Å²) >= 11 is 0. The monoisotopic (exact) mass is 308 g/mol. The SMILES string of the molecule is CCC(=O)Nc1ccc2c(c1)N(C(=O)c1ccccc1)CCC2. The highest BCUT2D eigenvalue weighted by atomic mass is 16.2. The molecule has 1 N–H and O–H groups in total. The minimum Gasteiger partial charge on any atom is -0.326 e. The lowest BCUT2D eigenvalue weighted by Crippen LogP contribution is -2.35. The lowest BCUT2D eigenvalue weighted by molar-refractivity contribution is -0.115. The first kappa shape index (κ1) is 15.3. The van der Waals surface area contributed by atoms with Gasteiger partial charge in [0.2, 0.25) is 5.91 Å². The van der Waals surface area contributed by atoms with E-state index in [1.165, 1.54) is 0 Å². The van der Waals surface area contributed by atoms with Gasteiger partial charge in [0.05, 0.1) is 0 Å². The maximum atomic E-state index is 12.8. The van der Waals surface area contributed by atoms with E-state index >= 15 is 0 Å². The summed E-state index contributed by atoms with van der Waals surface area (Å²) in [4.78, 5) is 26.2. The molecule has 0 bridgehead atoms. The fourth-order valence-corrected chi connectivity index (χ4v) is 2.85. The summed E-state index contributed by atoms with van der Waals surface area (Å²) in [5.74, 6) is -0.0211. The molecule has 0 aliphatic carbocycles. The predicted molar refractivity (Wildman–Crippen MR) is 91.8 cm³/mol. The van der Waals surface area contributed by atoms with E-state index in [-0.39, 0.29) is 11.8 Å². The Morgan fingerprint density at radius 1 is 1.13 bits per heavy atom. The van der Waals surface area contributed by atoms with Gasteiger partial charge < -0.3 is 10.2 Å². The summed E-state index contributed by atoms with van der Waals surface area (Å²) in [6, 6.07) is 15.1. The maximum absolute atomic E-state index is 12.8. The van der Waals surface area contributed by atoms with Gasteiger partial charge in [0, 0.05) is 29.9 Å². The Bertz CT molecular complexity index is 725. The number of anilines is 2. The molecular formula is C19H20N2O2. The molecule has 1 heterocycles. The Morgan fingerprint density at radius 2 is 1.91 bits per heavy atom. The van der Waals surface area contributed by atoms with Crippen LogP contribution in [-0.4, -0.2) is 18.4 Å². The van der Waals surface area contributed by atoms with Crippen LogP contribution < -0.4 is 10.2 Å². The van der Waals surface area contributed by atoms with E-state index < -0.39 is 0 Å². The average Bonchev–Trinajstić information content (AvgIpc) is 2.61. The Hall–Kier alpha value is -2.62. The van der Waals surface area contributed by atoms with Gasteiger partial charge in [0.25, 0.3) is 5.91 Å². The molecule has 0 radical (unpaired) electrons. The van der Waals surface area contributed by atoms with E-state index in [9.17, 15) is 9.59 Å². The highest BCUT2D eigenvalue weighted by Gasteiger charge is 2.23. The first-order valence-corrected chi connectivity index (χ1v) is 7.98. The van der Waals surface area contributed by atoms with Crippen molar-refractivity contribution in [1.29, 1.82) is 0 Å². The Morgan fingerprint density at radius 3 is 2.65 bits per heavy atom. The van der Waals surface area contributed by atoms with Gasteiger partial charge in [-0.2, -0.15) is 0 Å². The second-order valence-electron chi connectivity index (χ2n) is 5.67. The Kier molecular flexibility index (Phi) is 4.42. The number of nitrogens with zero attached hydrogens (tertiary/aromatic N) is 1. The zero-order chi connectivity index (χ0) is 16.2. The van der Waals surface area contributed by atoms with Gasteiger partial charge in [0.1, 0.15) is 0 Å². The van der Waals surface area contributed by atoms with Gasteiger partial charge in [-0.05, 0) is 42.7 Å². The molecule has 23 heavy (non-hydrogen) atoms. The zero-order valence-electron chi connectivity index (χ0n) is 13.2. The fourth-order valence-electron chi connectivity index (χ4n) is 2.85. The number of hydrogen-bond acceptors (Lipinski definition) is 2. The number of carbonyl (C=O) groups is 2. The molecule has 2 amide bonds. The van der Waals surface area contributed by atoms with Crippen LogP contribution in [0.1, 0.15) is 35.7 Å². The molecule has 3 rings (SSSR count). The van der Waals surface area contributed by atoms with Crippen LogP contribution in [0.3, 0.4) is 0 Å². The average molecular weight is 308 g/mol. The van der Waals surface area contributed by atoms with E-state index in [1.54, 1.807) is 0 Å². The molecule has 1 aliphatic rings. The molecule has 0 saturated carbocycles. The normalized spacial score (nSPS) is 13.3. The summed E-state index contributed by atoms with van der Waals surface area (Å²) in [6.07, 6.45) is 2.34. The summed E-state index contributed by atoms with van der Waals surface area (Å²) in [5.41, 5.74) is 3.47. The van der Waals surface area contributed by atoms with Crippen LogP contribution in [0.25, 0.3) is 0 Å². The third-order valence-electron chi connectivity index (χ3n) is 4.07. The molecule has 0 aromatic heterocycles. The van der Waals surface area contributed by atoms with Crippen molar-refractivity contribution >= 4 is 23.2 Å². The highest BCUT2D eigenvalue weighted by molar-refractivity contribution is 6.07. The van der Waals surface area contributed by atoms with Gasteiger partial charge in [-0.15, -0.1) is 0 Å². The van der Waals surface area contributed by atoms with Crippen LogP contribution in [0.15, 0.2) is 48.5 Å². The van der Waals surface area contributed by atoms with Crippen molar-refractivity contribution < 1.29 is 9.59 Å². The molecule has 118 valence electrons.